The second-order valence-corrected chi connectivity index (χ2v) is 5.74. The van der Waals surface area contributed by atoms with E-state index in [4.69, 9.17) is 10.3 Å². The zero-order valence-electron chi connectivity index (χ0n) is 8.60. The second kappa shape index (κ2) is 5.23. The van der Waals surface area contributed by atoms with Gasteiger partial charge in [-0.1, -0.05) is 19.3 Å². The van der Waals surface area contributed by atoms with Crippen LogP contribution in [-0.2, 0) is 10.1 Å². The Hall–Kier alpha value is -0.200. The summed E-state index contributed by atoms with van der Waals surface area (Å²) >= 11 is 0. The van der Waals surface area contributed by atoms with Crippen LogP contribution in [0.3, 0.4) is 0 Å². The molecule has 0 aromatic heterocycles. The highest BCUT2D eigenvalue weighted by Crippen LogP contribution is 2.27. The van der Waals surface area contributed by atoms with Crippen molar-refractivity contribution in [1.29, 1.82) is 0 Å². The molecule has 15 heavy (non-hydrogen) atoms. The maximum Gasteiger partial charge on any atom is 0.267 e. The van der Waals surface area contributed by atoms with E-state index in [9.17, 15) is 12.8 Å². The molecule has 90 valence electrons. The van der Waals surface area contributed by atoms with Crippen LogP contribution in [0.4, 0.5) is 4.39 Å². The number of nitrogens with two attached hydrogens (primary N) is 1. The molecule has 1 aliphatic carbocycles. The zero-order chi connectivity index (χ0) is 11.5. The highest BCUT2D eigenvalue weighted by molar-refractivity contribution is 7.85. The molecular formula is C9H18FNO3S. The Balaban J connectivity index is 2.47. The van der Waals surface area contributed by atoms with Crippen molar-refractivity contribution in [2.24, 2.45) is 11.7 Å². The van der Waals surface area contributed by atoms with Crippen molar-refractivity contribution < 1.29 is 17.4 Å². The minimum absolute atomic E-state index is 0.0514. The van der Waals surface area contributed by atoms with Gasteiger partial charge in [0.1, 0.15) is 11.9 Å². The summed E-state index contributed by atoms with van der Waals surface area (Å²) < 4.78 is 42.9. The minimum atomic E-state index is -4.26. The molecule has 0 saturated heterocycles. The van der Waals surface area contributed by atoms with Gasteiger partial charge >= 0.3 is 0 Å². The SMILES string of the molecule is N[C@H](C(F)CS(=O)(=O)O)C1CCCCC1. The Morgan fingerprint density at radius 3 is 2.33 bits per heavy atom. The van der Waals surface area contributed by atoms with Gasteiger partial charge in [-0.15, -0.1) is 0 Å². The maximum atomic E-state index is 13.4. The first-order chi connectivity index (χ1) is 6.90. The molecule has 2 atom stereocenters. The van der Waals surface area contributed by atoms with Crippen LogP contribution in [0.25, 0.3) is 0 Å². The van der Waals surface area contributed by atoms with Crippen LogP contribution < -0.4 is 5.73 Å². The van der Waals surface area contributed by atoms with Gasteiger partial charge in [-0.2, -0.15) is 8.42 Å². The molecule has 0 bridgehead atoms. The number of rotatable bonds is 4. The molecular weight excluding hydrogens is 221 g/mol. The molecule has 0 heterocycles. The molecule has 1 saturated carbocycles. The van der Waals surface area contributed by atoms with Crippen molar-refractivity contribution >= 4 is 10.1 Å². The molecule has 6 heteroatoms. The molecule has 4 nitrogen and oxygen atoms in total. The average Bonchev–Trinajstić information content (AvgIpc) is 2.15. The lowest BCUT2D eigenvalue weighted by Crippen LogP contribution is -2.43. The Labute approximate surface area is 89.8 Å². The molecule has 1 aliphatic rings. The van der Waals surface area contributed by atoms with E-state index in [1.165, 1.54) is 0 Å². The van der Waals surface area contributed by atoms with E-state index >= 15 is 0 Å². The van der Waals surface area contributed by atoms with Crippen molar-refractivity contribution in [3.05, 3.63) is 0 Å². The van der Waals surface area contributed by atoms with Crippen LogP contribution in [0.1, 0.15) is 32.1 Å². The van der Waals surface area contributed by atoms with Gasteiger partial charge in [-0.3, -0.25) is 4.55 Å². The molecule has 1 rings (SSSR count). The van der Waals surface area contributed by atoms with Crippen molar-refractivity contribution in [2.75, 3.05) is 5.75 Å². The van der Waals surface area contributed by atoms with Gasteiger partial charge in [0.25, 0.3) is 10.1 Å². The molecule has 1 fully saturated rings. The van der Waals surface area contributed by atoms with Crippen molar-refractivity contribution in [1.82, 2.24) is 0 Å². The van der Waals surface area contributed by atoms with Gasteiger partial charge in [0.15, 0.2) is 0 Å². The molecule has 3 N–H and O–H groups in total. The summed E-state index contributed by atoms with van der Waals surface area (Å²) in [5, 5.41) is 0. The summed E-state index contributed by atoms with van der Waals surface area (Å²) in [6, 6.07) is -0.771. The topological polar surface area (TPSA) is 80.4 Å². The van der Waals surface area contributed by atoms with Crippen molar-refractivity contribution in [3.63, 3.8) is 0 Å². The first kappa shape index (κ1) is 12.9. The van der Waals surface area contributed by atoms with E-state index in [1.807, 2.05) is 0 Å². The number of hydrogen-bond donors (Lipinski definition) is 2. The lowest BCUT2D eigenvalue weighted by molar-refractivity contribution is 0.206. The summed E-state index contributed by atoms with van der Waals surface area (Å²) in [5.74, 6) is -0.833. The van der Waals surface area contributed by atoms with Crippen LogP contribution in [0.5, 0.6) is 0 Å². The van der Waals surface area contributed by atoms with Gasteiger partial charge < -0.3 is 5.73 Å². The summed E-state index contributed by atoms with van der Waals surface area (Å²) in [5.41, 5.74) is 5.65. The summed E-state index contributed by atoms with van der Waals surface area (Å²) in [4.78, 5) is 0. The number of alkyl halides is 1. The van der Waals surface area contributed by atoms with Gasteiger partial charge in [0, 0.05) is 6.04 Å². The highest BCUT2D eigenvalue weighted by Gasteiger charge is 2.30. The van der Waals surface area contributed by atoms with Crippen LogP contribution in [0.15, 0.2) is 0 Å². The van der Waals surface area contributed by atoms with Gasteiger partial charge in [-0.25, -0.2) is 4.39 Å². The molecule has 0 spiro atoms. The highest BCUT2D eigenvalue weighted by atomic mass is 32.2. The molecule has 0 aromatic carbocycles. The predicted molar refractivity (Wildman–Crippen MR) is 55.9 cm³/mol. The van der Waals surface area contributed by atoms with Crippen molar-refractivity contribution in [3.8, 4) is 0 Å². The third-order valence-corrected chi connectivity index (χ3v) is 3.72. The predicted octanol–water partition coefficient (Wildman–Crippen LogP) is 1.12. The van der Waals surface area contributed by atoms with E-state index in [0.29, 0.717) is 0 Å². The van der Waals surface area contributed by atoms with Crippen molar-refractivity contribution in [2.45, 2.75) is 44.3 Å². The third-order valence-electron chi connectivity index (χ3n) is 2.98. The second-order valence-electron chi connectivity index (χ2n) is 4.24. The molecule has 0 amide bonds. The number of hydrogen-bond acceptors (Lipinski definition) is 3. The van der Waals surface area contributed by atoms with Gasteiger partial charge in [0.05, 0.1) is 0 Å². The van der Waals surface area contributed by atoms with E-state index in [1.54, 1.807) is 0 Å². The number of halogens is 1. The van der Waals surface area contributed by atoms with E-state index in [2.05, 4.69) is 0 Å². The van der Waals surface area contributed by atoms with Crippen LogP contribution >= 0.6 is 0 Å². The Morgan fingerprint density at radius 1 is 1.33 bits per heavy atom. The fourth-order valence-electron chi connectivity index (χ4n) is 2.13. The first-order valence-corrected chi connectivity index (χ1v) is 6.86. The summed E-state index contributed by atoms with van der Waals surface area (Å²) in [6.07, 6.45) is 3.23. The first-order valence-electron chi connectivity index (χ1n) is 5.25. The Bertz CT molecular complexity index is 288. The van der Waals surface area contributed by atoms with Crippen LogP contribution in [0.2, 0.25) is 0 Å². The van der Waals surface area contributed by atoms with E-state index in [0.717, 1.165) is 32.1 Å². The summed E-state index contributed by atoms with van der Waals surface area (Å²) in [6.45, 7) is 0. The quantitative estimate of drug-likeness (QED) is 0.720. The summed E-state index contributed by atoms with van der Waals surface area (Å²) in [7, 11) is -4.26. The van der Waals surface area contributed by atoms with E-state index < -0.39 is 28.1 Å². The van der Waals surface area contributed by atoms with Gasteiger partial charge in [0.2, 0.25) is 0 Å². The fraction of sp³-hybridized carbons (Fsp3) is 1.00. The molecule has 1 unspecified atom stereocenters. The van der Waals surface area contributed by atoms with Gasteiger partial charge in [-0.05, 0) is 18.8 Å². The zero-order valence-corrected chi connectivity index (χ0v) is 9.42. The monoisotopic (exact) mass is 239 g/mol. The third kappa shape index (κ3) is 4.44. The largest absolute Gasteiger partial charge is 0.325 e. The molecule has 0 radical (unpaired) electrons. The van der Waals surface area contributed by atoms with Crippen LogP contribution in [0, 0.1) is 5.92 Å². The normalized spacial score (nSPS) is 23.7. The smallest absolute Gasteiger partial charge is 0.267 e. The molecule has 0 aromatic rings. The lowest BCUT2D eigenvalue weighted by atomic mass is 9.83. The fourth-order valence-corrected chi connectivity index (χ4v) is 2.75. The average molecular weight is 239 g/mol. The Morgan fingerprint density at radius 2 is 1.87 bits per heavy atom. The van der Waals surface area contributed by atoms with Crippen LogP contribution in [-0.4, -0.2) is 30.9 Å². The minimum Gasteiger partial charge on any atom is -0.325 e. The Kier molecular flexibility index (Phi) is 4.48. The molecule has 0 aliphatic heterocycles. The van der Waals surface area contributed by atoms with E-state index in [-0.39, 0.29) is 5.92 Å². The standard InChI is InChI=1S/C9H18FNO3S/c10-8(6-15(12,13)14)9(11)7-4-2-1-3-5-7/h7-9H,1-6,11H2,(H,12,13,14)/t8?,9-/m0/s1. The lowest BCUT2D eigenvalue weighted by Gasteiger charge is -2.29. The maximum absolute atomic E-state index is 13.4.